The summed E-state index contributed by atoms with van der Waals surface area (Å²) in [5.74, 6) is 1.70. The van der Waals surface area contributed by atoms with Crippen molar-refractivity contribution in [2.75, 3.05) is 12.5 Å². The van der Waals surface area contributed by atoms with Crippen molar-refractivity contribution < 1.29 is 14.3 Å². The average Bonchev–Trinajstić information content (AvgIpc) is 3.22. The number of imidazole rings is 1. The fourth-order valence-corrected chi connectivity index (χ4v) is 3.73. The number of aryl methyl sites for hydroxylation is 1. The molecule has 0 bridgehead atoms. The van der Waals surface area contributed by atoms with Gasteiger partial charge in [0.25, 0.3) is 0 Å². The lowest BCUT2D eigenvalue weighted by Gasteiger charge is -2.05. The maximum Gasteiger partial charge on any atom is 0.231 e. The van der Waals surface area contributed by atoms with E-state index in [0.717, 1.165) is 22.7 Å². The molecule has 0 atom stereocenters. The Balaban J connectivity index is 1.53. The first-order valence-electron chi connectivity index (χ1n) is 7.77. The molecule has 3 aromatic rings. The van der Waals surface area contributed by atoms with E-state index >= 15 is 0 Å². The molecule has 0 fully saturated rings. The number of para-hydroxylation sites is 2. The molecule has 0 amide bonds. The van der Waals surface area contributed by atoms with E-state index in [2.05, 4.69) is 22.5 Å². The molecule has 1 aromatic heterocycles. The molecule has 1 aliphatic heterocycles. The third kappa shape index (κ3) is 2.63. The van der Waals surface area contributed by atoms with Crippen LogP contribution in [0, 0.1) is 0 Å². The van der Waals surface area contributed by atoms with Crippen LogP contribution < -0.4 is 9.47 Å². The zero-order valence-corrected chi connectivity index (χ0v) is 14.0. The SMILES string of the molecule is CCn1c(SCC(=O)c2ccc3c(c2)OCO3)nc2ccccc21. The van der Waals surface area contributed by atoms with Crippen molar-refractivity contribution in [1.82, 2.24) is 9.55 Å². The zero-order chi connectivity index (χ0) is 16.5. The molecule has 5 nitrogen and oxygen atoms in total. The van der Waals surface area contributed by atoms with E-state index in [9.17, 15) is 4.79 Å². The van der Waals surface area contributed by atoms with Gasteiger partial charge in [0.15, 0.2) is 22.4 Å². The van der Waals surface area contributed by atoms with Crippen LogP contribution in [0.1, 0.15) is 17.3 Å². The second kappa shape index (κ2) is 6.20. The van der Waals surface area contributed by atoms with E-state index < -0.39 is 0 Å². The maximum absolute atomic E-state index is 12.5. The number of fused-ring (bicyclic) bond motifs is 2. The van der Waals surface area contributed by atoms with Crippen LogP contribution in [0.2, 0.25) is 0 Å². The number of ether oxygens (including phenoxy) is 2. The number of rotatable bonds is 5. The maximum atomic E-state index is 12.5. The lowest BCUT2D eigenvalue weighted by atomic mass is 10.1. The van der Waals surface area contributed by atoms with Crippen molar-refractivity contribution in [3.05, 3.63) is 48.0 Å². The lowest BCUT2D eigenvalue weighted by molar-refractivity contribution is 0.102. The van der Waals surface area contributed by atoms with Crippen molar-refractivity contribution in [2.45, 2.75) is 18.6 Å². The van der Waals surface area contributed by atoms with Crippen molar-refractivity contribution in [1.29, 1.82) is 0 Å². The molecular weight excluding hydrogens is 324 g/mol. The van der Waals surface area contributed by atoms with Crippen LogP contribution in [-0.2, 0) is 6.54 Å². The Kier molecular flexibility index (Phi) is 3.90. The molecule has 6 heteroatoms. The Hall–Kier alpha value is -2.47. The molecule has 4 rings (SSSR count). The summed E-state index contributed by atoms with van der Waals surface area (Å²) in [4.78, 5) is 17.1. The number of Topliss-reactive ketones (excluding diaryl/α,β-unsaturated/α-hetero) is 1. The van der Waals surface area contributed by atoms with Gasteiger partial charge in [0.1, 0.15) is 0 Å². The van der Waals surface area contributed by atoms with Crippen LogP contribution in [-0.4, -0.2) is 27.9 Å². The average molecular weight is 340 g/mol. The van der Waals surface area contributed by atoms with Crippen LogP contribution in [0.3, 0.4) is 0 Å². The molecule has 2 aromatic carbocycles. The molecular formula is C18H16N2O3S. The summed E-state index contributed by atoms with van der Waals surface area (Å²) in [7, 11) is 0. The van der Waals surface area contributed by atoms with Gasteiger partial charge in [-0.25, -0.2) is 4.98 Å². The number of hydrogen-bond acceptors (Lipinski definition) is 5. The van der Waals surface area contributed by atoms with Crippen LogP contribution in [0.15, 0.2) is 47.6 Å². The summed E-state index contributed by atoms with van der Waals surface area (Å²) in [5.41, 5.74) is 2.68. The highest BCUT2D eigenvalue weighted by atomic mass is 32.2. The molecule has 1 aliphatic rings. The molecule has 0 unspecified atom stereocenters. The monoisotopic (exact) mass is 340 g/mol. The summed E-state index contributed by atoms with van der Waals surface area (Å²) < 4.78 is 12.7. The van der Waals surface area contributed by atoms with Crippen molar-refractivity contribution in [2.24, 2.45) is 0 Å². The van der Waals surface area contributed by atoms with Gasteiger partial charge >= 0.3 is 0 Å². The molecule has 0 spiro atoms. The third-order valence-corrected chi connectivity index (χ3v) is 4.94. The molecule has 0 aliphatic carbocycles. The van der Waals surface area contributed by atoms with E-state index in [0.29, 0.717) is 22.8 Å². The van der Waals surface area contributed by atoms with Gasteiger partial charge in [-0.05, 0) is 37.3 Å². The predicted molar refractivity (Wildman–Crippen MR) is 93.0 cm³/mol. The van der Waals surface area contributed by atoms with Crippen LogP contribution in [0.5, 0.6) is 11.5 Å². The van der Waals surface area contributed by atoms with Gasteiger partial charge in [-0.1, -0.05) is 23.9 Å². The van der Waals surface area contributed by atoms with E-state index in [4.69, 9.17) is 9.47 Å². The standard InChI is InChI=1S/C18H16N2O3S/c1-2-20-14-6-4-3-5-13(14)19-18(20)24-10-15(21)12-7-8-16-17(9-12)23-11-22-16/h3-9H,2,10-11H2,1H3. The number of aromatic nitrogens is 2. The van der Waals surface area contributed by atoms with Gasteiger partial charge in [0.2, 0.25) is 6.79 Å². The fraction of sp³-hybridized carbons (Fsp3) is 0.222. The first-order chi connectivity index (χ1) is 11.8. The van der Waals surface area contributed by atoms with Crippen molar-refractivity contribution in [3.63, 3.8) is 0 Å². The normalized spacial score (nSPS) is 12.7. The first-order valence-corrected chi connectivity index (χ1v) is 8.75. The topological polar surface area (TPSA) is 53.4 Å². The minimum absolute atomic E-state index is 0.0491. The van der Waals surface area contributed by atoms with E-state index in [-0.39, 0.29) is 12.6 Å². The number of carbonyl (C=O) groups is 1. The highest BCUT2D eigenvalue weighted by molar-refractivity contribution is 7.99. The van der Waals surface area contributed by atoms with E-state index in [1.807, 2.05) is 18.2 Å². The molecule has 24 heavy (non-hydrogen) atoms. The van der Waals surface area contributed by atoms with Gasteiger partial charge in [-0.2, -0.15) is 0 Å². The Morgan fingerprint density at radius 2 is 2.04 bits per heavy atom. The molecule has 0 N–H and O–H groups in total. The van der Waals surface area contributed by atoms with Crippen molar-refractivity contribution >= 4 is 28.6 Å². The van der Waals surface area contributed by atoms with Crippen LogP contribution in [0.25, 0.3) is 11.0 Å². The highest BCUT2D eigenvalue weighted by Crippen LogP contribution is 2.33. The van der Waals surface area contributed by atoms with E-state index in [1.165, 1.54) is 11.8 Å². The Morgan fingerprint density at radius 3 is 2.92 bits per heavy atom. The van der Waals surface area contributed by atoms with E-state index in [1.54, 1.807) is 18.2 Å². The predicted octanol–water partition coefficient (Wildman–Crippen LogP) is 3.76. The summed E-state index contributed by atoms with van der Waals surface area (Å²) in [6.45, 7) is 3.11. The smallest absolute Gasteiger partial charge is 0.231 e. The summed E-state index contributed by atoms with van der Waals surface area (Å²) in [5, 5.41) is 0.868. The van der Waals surface area contributed by atoms with Gasteiger partial charge in [-0.3, -0.25) is 4.79 Å². The molecule has 122 valence electrons. The number of carbonyl (C=O) groups excluding carboxylic acids is 1. The Labute approximate surface area is 143 Å². The third-order valence-electron chi connectivity index (χ3n) is 3.96. The lowest BCUT2D eigenvalue weighted by Crippen LogP contribution is -2.04. The first kappa shape index (κ1) is 15.1. The molecule has 0 radical (unpaired) electrons. The Morgan fingerprint density at radius 1 is 1.21 bits per heavy atom. The molecule has 0 saturated heterocycles. The largest absolute Gasteiger partial charge is 0.454 e. The highest BCUT2D eigenvalue weighted by Gasteiger charge is 2.17. The molecule has 2 heterocycles. The van der Waals surface area contributed by atoms with Gasteiger partial charge in [0.05, 0.1) is 16.8 Å². The van der Waals surface area contributed by atoms with Gasteiger partial charge in [-0.15, -0.1) is 0 Å². The minimum Gasteiger partial charge on any atom is -0.454 e. The number of hydrogen-bond donors (Lipinski definition) is 0. The quantitative estimate of drug-likeness (QED) is 0.523. The second-order valence-electron chi connectivity index (χ2n) is 5.41. The summed E-state index contributed by atoms with van der Waals surface area (Å²) in [6, 6.07) is 13.3. The fourth-order valence-electron chi connectivity index (χ4n) is 2.75. The zero-order valence-electron chi connectivity index (χ0n) is 13.2. The van der Waals surface area contributed by atoms with Gasteiger partial charge in [0, 0.05) is 12.1 Å². The van der Waals surface area contributed by atoms with Gasteiger partial charge < -0.3 is 14.0 Å². The second-order valence-corrected chi connectivity index (χ2v) is 6.35. The van der Waals surface area contributed by atoms with Crippen LogP contribution in [0.4, 0.5) is 0 Å². The minimum atomic E-state index is 0.0491. The summed E-state index contributed by atoms with van der Waals surface area (Å²) >= 11 is 1.46. The number of thioether (sulfide) groups is 1. The van der Waals surface area contributed by atoms with Crippen LogP contribution >= 0.6 is 11.8 Å². The number of ketones is 1. The number of nitrogens with zero attached hydrogens (tertiary/aromatic N) is 2. The summed E-state index contributed by atoms with van der Waals surface area (Å²) in [6.07, 6.45) is 0. The number of benzene rings is 2. The van der Waals surface area contributed by atoms with Crippen molar-refractivity contribution in [3.8, 4) is 11.5 Å². The molecule has 0 saturated carbocycles. The Bertz CT molecular complexity index is 920.